The summed E-state index contributed by atoms with van der Waals surface area (Å²) >= 11 is 0. The van der Waals surface area contributed by atoms with Gasteiger partial charge in [-0.3, -0.25) is 4.68 Å². The minimum Gasteiger partial charge on any atom is -0.507 e. The lowest BCUT2D eigenvalue weighted by atomic mass is 10.1. The van der Waals surface area contributed by atoms with Crippen molar-refractivity contribution in [2.24, 2.45) is 7.05 Å². The van der Waals surface area contributed by atoms with Gasteiger partial charge >= 0.3 is 0 Å². The Balaban J connectivity index is 2.10. The number of benzene rings is 1. The zero-order valence-electron chi connectivity index (χ0n) is 11.4. The Labute approximate surface area is 112 Å². The van der Waals surface area contributed by atoms with Crippen molar-refractivity contribution < 1.29 is 10.2 Å². The molecule has 1 aromatic carbocycles. The van der Waals surface area contributed by atoms with Gasteiger partial charge < -0.3 is 15.5 Å². The van der Waals surface area contributed by atoms with Crippen molar-refractivity contribution in [1.29, 1.82) is 0 Å². The van der Waals surface area contributed by atoms with Crippen LogP contribution in [0.15, 0.2) is 24.4 Å². The van der Waals surface area contributed by atoms with E-state index in [4.69, 9.17) is 0 Å². The highest BCUT2D eigenvalue weighted by Gasteiger charge is 2.15. The van der Waals surface area contributed by atoms with E-state index in [1.807, 2.05) is 31.8 Å². The topological polar surface area (TPSA) is 70.3 Å². The summed E-state index contributed by atoms with van der Waals surface area (Å²) in [7, 11) is 1.90. The Morgan fingerprint density at radius 3 is 2.47 bits per heavy atom. The normalized spacial score (nSPS) is 12.6. The van der Waals surface area contributed by atoms with Crippen molar-refractivity contribution in [3.05, 3.63) is 41.2 Å². The molecular formula is C14H19N3O2. The molecule has 0 saturated carbocycles. The van der Waals surface area contributed by atoms with Crippen LogP contribution < -0.4 is 5.32 Å². The third-order valence-electron chi connectivity index (χ3n) is 3.43. The summed E-state index contributed by atoms with van der Waals surface area (Å²) in [5.41, 5.74) is 2.72. The van der Waals surface area contributed by atoms with E-state index in [1.165, 1.54) is 0 Å². The molecule has 1 unspecified atom stereocenters. The smallest absolute Gasteiger partial charge is 0.124 e. The fraction of sp³-hybridized carbons (Fsp3) is 0.357. The van der Waals surface area contributed by atoms with Gasteiger partial charge in [0.2, 0.25) is 0 Å². The van der Waals surface area contributed by atoms with Crippen molar-refractivity contribution in [2.45, 2.75) is 26.4 Å². The second-order valence-corrected chi connectivity index (χ2v) is 4.69. The molecular weight excluding hydrogens is 242 g/mol. The summed E-state index contributed by atoms with van der Waals surface area (Å²) in [4.78, 5) is 0. The van der Waals surface area contributed by atoms with Crippen LogP contribution in [-0.2, 0) is 13.6 Å². The summed E-state index contributed by atoms with van der Waals surface area (Å²) in [6, 6.07) is 4.61. The van der Waals surface area contributed by atoms with E-state index in [-0.39, 0.29) is 17.5 Å². The van der Waals surface area contributed by atoms with Crippen LogP contribution in [0.5, 0.6) is 11.5 Å². The zero-order chi connectivity index (χ0) is 14.0. The molecule has 1 atom stereocenters. The Kier molecular flexibility index (Phi) is 3.76. The molecule has 0 fully saturated rings. The molecule has 0 radical (unpaired) electrons. The lowest BCUT2D eigenvalue weighted by Crippen LogP contribution is -2.18. The Morgan fingerprint density at radius 2 is 1.95 bits per heavy atom. The number of hydrogen-bond acceptors (Lipinski definition) is 4. The fourth-order valence-electron chi connectivity index (χ4n) is 2.07. The molecule has 0 aliphatic rings. The van der Waals surface area contributed by atoms with Gasteiger partial charge in [-0.2, -0.15) is 5.10 Å². The number of aromatic nitrogens is 2. The van der Waals surface area contributed by atoms with Gasteiger partial charge in [0.05, 0.1) is 11.8 Å². The number of nitrogens with one attached hydrogen (secondary N) is 1. The van der Waals surface area contributed by atoms with Crippen molar-refractivity contribution in [3.63, 3.8) is 0 Å². The number of rotatable bonds is 4. The number of phenolic OH excluding ortho intramolecular Hbond substituents is 2. The highest BCUT2D eigenvalue weighted by Crippen LogP contribution is 2.32. The zero-order valence-corrected chi connectivity index (χ0v) is 11.4. The van der Waals surface area contributed by atoms with Crippen LogP contribution in [0.25, 0.3) is 0 Å². The summed E-state index contributed by atoms with van der Waals surface area (Å²) in [5, 5.41) is 27.1. The van der Waals surface area contributed by atoms with Gasteiger partial charge in [0.1, 0.15) is 11.5 Å². The number of hydrogen-bond donors (Lipinski definition) is 3. The quantitative estimate of drug-likeness (QED) is 0.787. The van der Waals surface area contributed by atoms with E-state index in [0.717, 1.165) is 11.3 Å². The summed E-state index contributed by atoms with van der Waals surface area (Å²) in [6.45, 7) is 4.54. The molecule has 19 heavy (non-hydrogen) atoms. The Morgan fingerprint density at radius 1 is 1.32 bits per heavy atom. The maximum atomic E-state index is 9.80. The van der Waals surface area contributed by atoms with Crippen LogP contribution in [0.3, 0.4) is 0 Å². The summed E-state index contributed by atoms with van der Waals surface area (Å²) < 4.78 is 1.82. The van der Waals surface area contributed by atoms with Gasteiger partial charge in [-0.25, -0.2) is 0 Å². The first-order valence-corrected chi connectivity index (χ1v) is 6.22. The number of aryl methyl sites for hydroxylation is 1. The molecule has 3 N–H and O–H groups in total. The second-order valence-electron chi connectivity index (χ2n) is 4.69. The lowest BCUT2D eigenvalue weighted by Gasteiger charge is -2.16. The molecule has 0 aliphatic carbocycles. The van der Waals surface area contributed by atoms with E-state index < -0.39 is 0 Å². The molecule has 2 rings (SSSR count). The predicted octanol–water partition coefficient (Wildman–Crippen LogP) is 1.99. The highest BCUT2D eigenvalue weighted by atomic mass is 16.3. The third kappa shape index (κ3) is 2.71. The minimum absolute atomic E-state index is 0.0999. The molecule has 5 heteroatoms. The first-order valence-electron chi connectivity index (χ1n) is 6.22. The summed E-state index contributed by atoms with van der Waals surface area (Å²) in [5.74, 6) is 0.200. The molecule has 1 heterocycles. The third-order valence-corrected chi connectivity index (χ3v) is 3.43. The molecule has 0 amide bonds. The fourth-order valence-corrected chi connectivity index (χ4v) is 2.07. The van der Waals surface area contributed by atoms with Gasteiger partial charge in [-0.05, 0) is 26.0 Å². The molecule has 5 nitrogen and oxygen atoms in total. The van der Waals surface area contributed by atoms with Crippen LogP contribution in [0.1, 0.15) is 29.8 Å². The molecule has 0 bridgehead atoms. The predicted molar refractivity (Wildman–Crippen MR) is 73.0 cm³/mol. The molecule has 102 valence electrons. The van der Waals surface area contributed by atoms with Gasteiger partial charge in [0, 0.05) is 30.9 Å². The maximum Gasteiger partial charge on any atom is 0.124 e. The lowest BCUT2D eigenvalue weighted by molar-refractivity contribution is 0.418. The molecule has 0 spiro atoms. The summed E-state index contributed by atoms with van der Waals surface area (Å²) in [6.07, 6.45) is 1.82. The number of nitrogens with zero attached hydrogens (tertiary/aromatic N) is 2. The van der Waals surface area contributed by atoms with Gasteiger partial charge in [0.15, 0.2) is 0 Å². The molecule has 2 aromatic rings. The van der Waals surface area contributed by atoms with Crippen molar-refractivity contribution in [1.82, 2.24) is 15.1 Å². The minimum atomic E-state index is -0.152. The van der Waals surface area contributed by atoms with Gasteiger partial charge in [-0.1, -0.05) is 6.07 Å². The van der Waals surface area contributed by atoms with E-state index in [9.17, 15) is 10.2 Å². The first kappa shape index (κ1) is 13.4. The van der Waals surface area contributed by atoms with Crippen LogP contribution >= 0.6 is 0 Å². The van der Waals surface area contributed by atoms with Crippen LogP contribution in [-0.4, -0.2) is 20.0 Å². The van der Waals surface area contributed by atoms with E-state index >= 15 is 0 Å². The van der Waals surface area contributed by atoms with Crippen LogP contribution in [0.2, 0.25) is 0 Å². The molecule has 0 aliphatic heterocycles. The largest absolute Gasteiger partial charge is 0.507 e. The SMILES string of the molecule is Cc1c(CNC(C)c2c(O)cccc2O)cnn1C. The van der Waals surface area contributed by atoms with E-state index in [0.29, 0.717) is 12.1 Å². The molecule has 1 aromatic heterocycles. The average Bonchev–Trinajstić information content (AvgIpc) is 2.67. The van der Waals surface area contributed by atoms with Crippen molar-refractivity contribution >= 4 is 0 Å². The van der Waals surface area contributed by atoms with E-state index in [1.54, 1.807) is 18.2 Å². The van der Waals surface area contributed by atoms with Gasteiger partial charge in [0.25, 0.3) is 0 Å². The van der Waals surface area contributed by atoms with Gasteiger partial charge in [-0.15, -0.1) is 0 Å². The first-order chi connectivity index (χ1) is 9.00. The maximum absolute atomic E-state index is 9.80. The Hall–Kier alpha value is -2.01. The Bertz CT molecular complexity index is 558. The van der Waals surface area contributed by atoms with Crippen LogP contribution in [0, 0.1) is 6.92 Å². The van der Waals surface area contributed by atoms with Crippen molar-refractivity contribution in [3.8, 4) is 11.5 Å². The second kappa shape index (κ2) is 5.32. The monoisotopic (exact) mass is 261 g/mol. The van der Waals surface area contributed by atoms with Crippen molar-refractivity contribution in [2.75, 3.05) is 0 Å². The molecule has 0 saturated heterocycles. The standard InChI is InChI=1S/C14H19N3O2/c1-9(14-12(18)5-4-6-13(14)19)15-7-11-8-16-17(3)10(11)2/h4-6,8-9,15,18-19H,7H2,1-3H3. The number of aromatic hydroxyl groups is 2. The number of phenols is 2. The van der Waals surface area contributed by atoms with Crippen LogP contribution in [0.4, 0.5) is 0 Å². The highest BCUT2D eigenvalue weighted by molar-refractivity contribution is 5.44. The van der Waals surface area contributed by atoms with E-state index in [2.05, 4.69) is 10.4 Å². The average molecular weight is 261 g/mol.